The number of rotatable bonds is 5. The summed E-state index contributed by atoms with van der Waals surface area (Å²) in [4.78, 5) is 10.5. The minimum Gasteiger partial charge on any atom is -0.465 e. The van der Waals surface area contributed by atoms with Crippen LogP contribution in [0.15, 0.2) is 0 Å². The zero-order chi connectivity index (χ0) is 9.56. The zero-order valence-electron chi connectivity index (χ0n) is 8.29. The lowest BCUT2D eigenvalue weighted by Gasteiger charge is -2.20. The Morgan fingerprint density at radius 3 is 2.42 bits per heavy atom. The molecule has 0 spiro atoms. The van der Waals surface area contributed by atoms with Crippen LogP contribution in [0.3, 0.4) is 0 Å². The van der Waals surface area contributed by atoms with Gasteiger partial charge in [-0.1, -0.05) is 13.8 Å². The van der Waals surface area contributed by atoms with Crippen molar-refractivity contribution in [3.8, 4) is 0 Å². The third kappa shape index (κ3) is 4.34. The van der Waals surface area contributed by atoms with Gasteiger partial charge in [0.05, 0.1) is 12.7 Å². The highest BCUT2D eigenvalue weighted by Crippen LogP contribution is 2.10. The lowest BCUT2D eigenvalue weighted by Crippen LogP contribution is -2.24. The maximum atomic E-state index is 10.5. The molecule has 0 rings (SSSR count). The van der Waals surface area contributed by atoms with Gasteiger partial charge in [-0.15, -0.1) is 0 Å². The smallest absolute Gasteiger partial charge is 0.302 e. The summed E-state index contributed by atoms with van der Waals surface area (Å²) in [5.41, 5.74) is 0. The van der Waals surface area contributed by atoms with E-state index in [0.717, 1.165) is 6.42 Å². The van der Waals surface area contributed by atoms with Gasteiger partial charge in [-0.3, -0.25) is 4.79 Å². The maximum absolute atomic E-state index is 10.5. The molecule has 0 aromatic heterocycles. The molecule has 3 nitrogen and oxygen atoms in total. The third-order valence-corrected chi connectivity index (χ3v) is 1.89. The fraction of sp³-hybridized carbons (Fsp3) is 0.889. The molecule has 0 N–H and O–H groups in total. The van der Waals surface area contributed by atoms with Crippen LogP contribution < -0.4 is 0 Å². The fourth-order valence-corrected chi connectivity index (χ4v) is 1.16. The van der Waals surface area contributed by atoms with Crippen LogP contribution in [-0.2, 0) is 14.3 Å². The molecule has 0 amide bonds. The van der Waals surface area contributed by atoms with Gasteiger partial charge in [-0.25, -0.2) is 0 Å². The molecule has 2 atom stereocenters. The van der Waals surface area contributed by atoms with Gasteiger partial charge in [-0.2, -0.15) is 0 Å². The van der Waals surface area contributed by atoms with E-state index in [9.17, 15) is 4.79 Å². The molecule has 0 aromatic rings. The second-order valence-electron chi connectivity index (χ2n) is 2.96. The van der Waals surface area contributed by atoms with Crippen molar-refractivity contribution >= 4 is 5.97 Å². The zero-order valence-corrected chi connectivity index (χ0v) is 8.29. The Bertz CT molecular complexity index is 130. The maximum Gasteiger partial charge on any atom is 0.302 e. The second kappa shape index (κ2) is 6.00. The van der Waals surface area contributed by atoms with Gasteiger partial charge in [-0.05, 0) is 6.42 Å². The lowest BCUT2D eigenvalue weighted by atomic mass is 10.0. The highest BCUT2D eigenvalue weighted by atomic mass is 16.5. The molecule has 0 saturated carbocycles. The summed E-state index contributed by atoms with van der Waals surface area (Å²) in [5, 5.41) is 0. The summed E-state index contributed by atoms with van der Waals surface area (Å²) in [6.45, 7) is 5.93. The van der Waals surface area contributed by atoms with Crippen LogP contribution in [0.2, 0.25) is 0 Å². The molecule has 0 saturated heterocycles. The molecule has 72 valence electrons. The average Bonchev–Trinajstić information content (AvgIpc) is 2.03. The molecule has 0 aliphatic rings. The summed E-state index contributed by atoms with van der Waals surface area (Å²) in [5.74, 6) is 0.0386. The van der Waals surface area contributed by atoms with Gasteiger partial charge in [0.1, 0.15) is 0 Å². The van der Waals surface area contributed by atoms with E-state index in [4.69, 9.17) is 9.47 Å². The molecule has 3 heteroatoms. The first-order valence-corrected chi connectivity index (χ1v) is 4.28. The van der Waals surface area contributed by atoms with E-state index in [2.05, 4.69) is 6.92 Å². The van der Waals surface area contributed by atoms with Crippen molar-refractivity contribution in [2.24, 2.45) is 5.92 Å². The summed E-state index contributed by atoms with van der Waals surface area (Å²) in [7, 11) is 1.68. The lowest BCUT2D eigenvalue weighted by molar-refractivity contribution is -0.143. The Morgan fingerprint density at radius 2 is 2.08 bits per heavy atom. The van der Waals surface area contributed by atoms with Crippen LogP contribution in [0.4, 0.5) is 0 Å². The van der Waals surface area contributed by atoms with Crippen LogP contribution >= 0.6 is 0 Å². The van der Waals surface area contributed by atoms with Gasteiger partial charge in [0.15, 0.2) is 0 Å². The SMILES string of the molecule is CCC(OC)C(C)COC(C)=O. The van der Waals surface area contributed by atoms with Crippen LogP contribution in [0.1, 0.15) is 27.2 Å². The number of carbonyl (C=O) groups is 1. The Kier molecular flexibility index (Phi) is 5.72. The number of hydrogen-bond acceptors (Lipinski definition) is 3. The largest absolute Gasteiger partial charge is 0.465 e. The minimum atomic E-state index is -0.229. The third-order valence-electron chi connectivity index (χ3n) is 1.89. The molecule has 12 heavy (non-hydrogen) atoms. The molecular weight excluding hydrogens is 156 g/mol. The van der Waals surface area contributed by atoms with E-state index in [1.165, 1.54) is 6.92 Å². The van der Waals surface area contributed by atoms with Crippen molar-refractivity contribution in [3.63, 3.8) is 0 Å². The number of ether oxygens (including phenoxy) is 2. The number of hydrogen-bond donors (Lipinski definition) is 0. The van der Waals surface area contributed by atoms with Gasteiger partial charge in [0.25, 0.3) is 0 Å². The van der Waals surface area contributed by atoms with Crippen LogP contribution in [0, 0.1) is 5.92 Å². The van der Waals surface area contributed by atoms with Gasteiger partial charge in [0.2, 0.25) is 0 Å². The number of esters is 1. The Morgan fingerprint density at radius 1 is 1.50 bits per heavy atom. The van der Waals surface area contributed by atoms with E-state index in [1.54, 1.807) is 7.11 Å². The molecular formula is C9H18O3. The van der Waals surface area contributed by atoms with Crippen LogP contribution in [0.25, 0.3) is 0 Å². The van der Waals surface area contributed by atoms with E-state index >= 15 is 0 Å². The topological polar surface area (TPSA) is 35.5 Å². The summed E-state index contributed by atoms with van der Waals surface area (Å²) < 4.78 is 10.1. The van der Waals surface area contributed by atoms with Crippen molar-refractivity contribution < 1.29 is 14.3 Å². The predicted octanol–water partition coefficient (Wildman–Crippen LogP) is 1.61. The first-order valence-electron chi connectivity index (χ1n) is 4.28. The van der Waals surface area contributed by atoms with E-state index in [1.807, 2.05) is 6.92 Å². The Labute approximate surface area is 74.0 Å². The standard InChI is InChI=1S/C9H18O3/c1-5-9(11-4)7(2)6-12-8(3)10/h7,9H,5-6H2,1-4H3. The monoisotopic (exact) mass is 174 g/mol. The van der Waals surface area contributed by atoms with Gasteiger partial charge in [0, 0.05) is 20.0 Å². The number of carbonyl (C=O) groups excluding carboxylic acids is 1. The molecule has 0 heterocycles. The predicted molar refractivity (Wildman–Crippen MR) is 46.9 cm³/mol. The molecule has 0 radical (unpaired) electrons. The second-order valence-corrected chi connectivity index (χ2v) is 2.96. The first kappa shape index (κ1) is 11.4. The Balaban J connectivity index is 3.68. The number of methoxy groups -OCH3 is 1. The van der Waals surface area contributed by atoms with Crippen molar-refractivity contribution in [2.45, 2.75) is 33.3 Å². The molecule has 0 fully saturated rings. The summed E-state index contributed by atoms with van der Waals surface area (Å²) >= 11 is 0. The molecule has 2 unspecified atom stereocenters. The first-order chi connectivity index (χ1) is 5.61. The molecule has 0 aromatic carbocycles. The normalized spacial score (nSPS) is 15.3. The quantitative estimate of drug-likeness (QED) is 0.594. The molecule has 0 aliphatic heterocycles. The average molecular weight is 174 g/mol. The van der Waals surface area contributed by atoms with Gasteiger partial charge >= 0.3 is 5.97 Å². The van der Waals surface area contributed by atoms with E-state index < -0.39 is 0 Å². The highest BCUT2D eigenvalue weighted by Gasteiger charge is 2.15. The van der Waals surface area contributed by atoms with Crippen molar-refractivity contribution in [1.82, 2.24) is 0 Å². The van der Waals surface area contributed by atoms with Gasteiger partial charge < -0.3 is 9.47 Å². The molecule has 0 bridgehead atoms. The van der Waals surface area contributed by atoms with E-state index in [0.29, 0.717) is 6.61 Å². The fourth-order valence-electron chi connectivity index (χ4n) is 1.16. The highest BCUT2D eigenvalue weighted by molar-refractivity contribution is 5.65. The van der Waals surface area contributed by atoms with Crippen molar-refractivity contribution in [1.29, 1.82) is 0 Å². The van der Waals surface area contributed by atoms with Crippen LogP contribution in [-0.4, -0.2) is 25.8 Å². The summed E-state index contributed by atoms with van der Waals surface area (Å²) in [6.07, 6.45) is 1.13. The van der Waals surface area contributed by atoms with Crippen LogP contribution in [0.5, 0.6) is 0 Å². The van der Waals surface area contributed by atoms with E-state index in [-0.39, 0.29) is 18.0 Å². The Hall–Kier alpha value is -0.570. The minimum absolute atomic E-state index is 0.185. The van der Waals surface area contributed by atoms with Crippen molar-refractivity contribution in [2.75, 3.05) is 13.7 Å². The summed E-state index contributed by atoms with van der Waals surface area (Å²) in [6, 6.07) is 0. The van der Waals surface area contributed by atoms with Crippen molar-refractivity contribution in [3.05, 3.63) is 0 Å². The molecule has 0 aliphatic carbocycles.